The largest absolute Gasteiger partial charge is 0.328 e. The van der Waals surface area contributed by atoms with Crippen LogP contribution in [-0.2, 0) is 20.0 Å². The number of para-hydroxylation sites is 1. The average molecular weight is 345 g/mol. The molecule has 0 aliphatic carbocycles. The molecule has 2 heterocycles. The molecule has 130 valence electrons. The first-order valence-corrected chi connectivity index (χ1v) is 8.67. The summed E-state index contributed by atoms with van der Waals surface area (Å²) in [5.74, 6) is 0. The van der Waals surface area contributed by atoms with Crippen LogP contribution in [0.5, 0.6) is 0 Å². The van der Waals surface area contributed by atoms with Gasteiger partial charge >= 0.3 is 0 Å². The Hall–Kier alpha value is -3.21. The molecule has 26 heavy (non-hydrogen) atoms. The summed E-state index contributed by atoms with van der Waals surface area (Å²) >= 11 is 0. The molecule has 4 rings (SSSR count). The van der Waals surface area contributed by atoms with Gasteiger partial charge in [0.2, 0.25) is 5.43 Å². The van der Waals surface area contributed by atoms with Crippen LogP contribution in [0, 0.1) is 0 Å². The topological polar surface area (TPSA) is 56.9 Å². The van der Waals surface area contributed by atoms with Gasteiger partial charge in [-0.25, -0.2) is 4.98 Å². The molecule has 0 bridgehead atoms. The zero-order valence-corrected chi connectivity index (χ0v) is 14.6. The molecule has 0 atom stereocenters. The number of fused-ring (bicyclic) bond motifs is 2. The first kappa shape index (κ1) is 16.3. The number of hydrogen-bond donors (Lipinski definition) is 0. The van der Waals surface area contributed by atoms with Crippen molar-refractivity contribution in [2.45, 2.75) is 19.4 Å². The lowest BCUT2D eigenvalue weighted by Gasteiger charge is -2.11. The van der Waals surface area contributed by atoms with Gasteiger partial charge in [0.15, 0.2) is 5.65 Å². The molecular weight excluding hydrogens is 326 g/mol. The Bertz CT molecular complexity index is 1210. The van der Waals surface area contributed by atoms with Gasteiger partial charge in [-0.2, -0.15) is 0 Å². The number of hydrogen-bond acceptors (Lipinski definition) is 3. The van der Waals surface area contributed by atoms with E-state index in [0.717, 1.165) is 18.4 Å². The summed E-state index contributed by atoms with van der Waals surface area (Å²) in [7, 11) is 1.83. The number of nitrogens with zero attached hydrogens (tertiary/aromatic N) is 3. The molecule has 0 spiro atoms. The fraction of sp³-hybridized carbons (Fsp3) is 0.190. The van der Waals surface area contributed by atoms with E-state index in [9.17, 15) is 9.59 Å². The predicted octanol–water partition coefficient (Wildman–Crippen LogP) is 2.88. The monoisotopic (exact) mass is 345 g/mol. The molecule has 2 aromatic carbocycles. The van der Waals surface area contributed by atoms with Crippen molar-refractivity contribution in [3.63, 3.8) is 0 Å². The van der Waals surface area contributed by atoms with Crippen LogP contribution < -0.4 is 11.0 Å². The molecule has 0 radical (unpaired) electrons. The molecule has 0 saturated carbocycles. The van der Waals surface area contributed by atoms with E-state index in [4.69, 9.17) is 0 Å². The van der Waals surface area contributed by atoms with Crippen LogP contribution in [0.25, 0.3) is 21.9 Å². The molecule has 0 saturated heterocycles. The minimum Gasteiger partial charge on any atom is -0.328 e. The zero-order valence-electron chi connectivity index (χ0n) is 14.6. The summed E-state index contributed by atoms with van der Waals surface area (Å²) in [6.07, 6.45) is 3.23. The summed E-state index contributed by atoms with van der Waals surface area (Å²) in [5.41, 5.74) is 1.92. The summed E-state index contributed by atoms with van der Waals surface area (Å²) in [6.45, 7) is 0.534. The van der Waals surface area contributed by atoms with Crippen molar-refractivity contribution < 1.29 is 0 Å². The van der Waals surface area contributed by atoms with Crippen LogP contribution in [0.3, 0.4) is 0 Å². The third-order valence-electron chi connectivity index (χ3n) is 4.78. The van der Waals surface area contributed by atoms with E-state index in [1.807, 2.05) is 48.0 Å². The Balaban J connectivity index is 1.75. The van der Waals surface area contributed by atoms with E-state index >= 15 is 0 Å². The molecule has 5 heteroatoms. The maximum atomic E-state index is 12.9. The number of pyridine rings is 1. The maximum Gasteiger partial charge on any atom is 0.266 e. The second kappa shape index (κ2) is 6.59. The predicted molar refractivity (Wildman–Crippen MR) is 104 cm³/mol. The van der Waals surface area contributed by atoms with Gasteiger partial charge in [0, 0.05) is 19.0 Å². The van der Waals surface area contributed by atoms with Gasteiger partial charge in [-0.3, -0.25) is 14.2 Å². The van der Waals surface area contributed by atoms with E-state index in [-0.39, 0.29) is 16.4 Å². The summed E-state index contributed by atoms with van der Waals surface area (Å²) < 4.78 is 3.35. The minimum atomic E-state index is -0.269. The molecule has 4 aromatic rings. The quantitative estimate of drug-likeness (QED) is 0.535. The number of benzene rings is 2. The molecule has 0 fully saturated rings. The van der Waals surface area contributed by atoms with Crippen molar-refractivity contribution in [3.05, 3.63) is 87.1 Å². The molecule has 5 nitrogen and oxygen atoms in total. The van der Waals surface area contributed by atoms with Crippen molar-refractivity contribution in [2.24, 2.45) is 7.05 Å². The molecule has 2 aromatic heterocycles. The second-order valence-electron chi connectivity index (χ2n) is 6.44. The van der Waals surface area contributed by atoms with Crippen LogP contribution in [-0.4, -0.2) is 14.1 Å². The van der Waals surface area contributed by atoms with Gasteiger partial charge in [0.1, 0.15) is 5.39 Å². The van der Waals surface area contributed by atoms with Crippen molar-refractivity contribution in [1.82, 2.24) is 14.1 Å². The summed E-state index contributed by atoms with van der Waals surface area (Å²) in [6, 6.07) is 17.4. The highest BCUT2D eigenvalue weighted by Gasteiger charge is 2.14. The van der Waals surface area contributed by atoms with E-state index < -0.39 is 0 Å². The number of aryl methyl sites for hydroxylation is 3. The van der Waals surface area contributed by atoms with E-state index in [1.54, 1.807) is 17.0 Å². The van der Waals surface area contributed by atoms with E-state index in [1.165, 1.54) is 5.56 Å². The summed E-state index contributed by atoms with van der Waals surface area (Å²) in [4.78, 5) is 30.1. The van der Waals surface area contributed by atoms with Gasteiger partial charge in [-0.05, 0) is 30.5 Å². The third-order valence-corrected chi connectivity index (χ3v) is 4.78. The molecular formula is C21H19N3O2. The smallest absolute Gasteiger partial charge is 0.266 e. The fourth-order valence-electron chi connectivity index (χ4n) is 3.40. The highest BCUT2D eigenvalue weighted by molar-refractivity contribution is 5.91. The number of rotatable bonds is 4. The van der Waals surface area contributed by atoms with Crippen LogP contribution in [0.1, 0.15) is 12.0 Å². The molecule has 0 amide bonds. The highest BCUT2D eigenvalue weighted by atomic mass is 16.1. The minimum absolute atomic E-state index is 0.161. The number of aromatic nitrogens is 3. The van der Waals surface area contributed by atoms with E-state index in [0.29, 0.717) is 17.6 Å². The van der Waals surface area contributed by atoms with Crippen LogP contribution in [0.15, 0.2) is 70.5 Å². The zero-order chi connectivity index (χ0) is 18.1. The lowest BCUT2D eigenvalue weighted by molar-refractivity contribution is 0.616. The van der Waals surface area contributed by atoms with Gasteiger partial charge < -0.3 is 4.57 Å². The van der Waals surface area contributed by atoms with Crippen molar-refractivity contribution in [3.8, 4) is 0 Å². The second-order valence-corrected chi connectivity index (χ2v) is 6.44. The first-order chi connectivity index (χ1) is 12.7. The van der Waals surface area contributed by atoms with Gasteiger partial charge in [-0.1, -0.05) is 42.5 Å². The molecule has 0 aliphatic heterocycles. The Morgan fingerprint density at radius 2 is 1.69 bits per heavy atom. The SMILES string of the molecule is Cn1c2ccccc2c(=O)c2c(=O)n(CCCc3ccccc3)cnc21. The Morgan fingerprint density at radius 1 is 0.962 bits per heavy atom. The lowest BCUT2D eigenvalue weighted by atomic mass is 10.1. The molecule has 0 N–H and O–H groups in total. The standard InChI is InChI=1S/C21H19N3O2/c1-23-17-12-6-5-11-16(17)19(25)18-20(23)22-14-24(21(18)26)13-7-10-15-8-3-2-4-9-15/h2-6,8-9,11-12,14H,7,10,13H2,1H3. The van der Waals surface area contributed by atoms with Gasteiger partial charge in [0.25, 0.3) is 5.56 Å². The third kappa shape index (κ3) is 2.71. The van der Waals surface area contributed by atoms with Crippen LogP contribution >= 0.6 is 0 Å². The fourth-order valence-corrected chi connectivity index (χ4v) is 3.40. The van der Waals surface area contributed by atoms with Gasteiger partial charge in [-0.15, -0.1) is 0 Å². The lowest BCUT2D eigenvalue weighted by Crippen LogP contribution is -2.27. The Kier molecular flexibility index (Phi) is 4.13. The van der Waals surface area contributed by atoms with E-state index in [2.05, 4.69) is 17.1 Å². The molecule has 0 aliphatic rings. The highest BCUT2D eigenvalue weighted by Crippen LogP contribution is 2.14. The normalized spacial score (nSPS) is 11.3. The van der Waals surface area contributed by atoms with Crippen LogP contribution in [0.4, 0.5) is 0 Å². The van der Waals surface area contributed by atoms with Crippen molar-refractivity contribution >= 4 is 21.9 Å². The van der Waals surface area contributed by atoms with Gasteiger partial charge in [0.05, 0.1) is 11.8 Å². The summed E-state index contributed by atoms with van der Waals surface area (Å²) in [5, 5.41) is 0.705. The average Bonchev–Trinajstić information content (AvgIpc) is 2.68. The van der Waals surface area contributed by atoms with Crippen molar-refractivity contribution in [2.75, 3.05) is 0 Å². The Morgan fingerprint density at radius 3 is 2.50 bits per heavy atom. The van der Waals surface area contributed by atoms with Crippen molar-refractivity contribution in [1.29, 1.82) is 0 Å². The Labute approximate surface area is 150 Å². The molecule has 0 unspecified atom stereocenters. The maximum absolute atomic E-state index is 12.9. The van der Waals surface area contributed by atoms with Crippen LogP contribution in [0.2, 0.25) is 0 Å². The first-order valence-electron chi connectivity index (χ1n) is 8.67.